The molecule has 20 heavy (non-hydrogen) atoms. The number of sulfonamides is 1. The van der Waals surface area contributed by atoms with Crippen LogP contribution in [0.5, 0.6) is 0 Å². The Bertz CT molecular complexity index is 507. The maximum atomic E-state index is 12.1. The van der Waals surface area contributed by atoms with Gasteiger partial charge in [-0.15, -0.1) is 12.4 Å². The minimum atomic E-state index is -3.58. The van der Waals surface area contributed by atoms with Gasteiger partial charge < -0.3 is 5.32 Å². The van der Waals surface area contributed by atoms with Crippen LogP contribution in [0.4, 0.5) is 0 Å². The van der Waals surface area contributed by atoms with E-state index >= 15 is 0 Å². The Labute approximate surface area is 130 Å². The Morgan fingerprint density at radius 2 is 2.35 bits per heavy atom. The monoisotopic (exact) mass is 342 g/mol. The topological polar surface area (TPSA) is 76.0 Å². The molecule has 0 aromatic carbocycles. The van der Waals surface area contributed by atoms with Crippen LogP contribution in [-0.4, -0.2) is 37.8 Å². The van der Waals surface area contributed by atoms with E-state index in [4.69, 9.17) is 11.6 Å². The zero-order chi connectivity index (χ0) is 13.9. The van der Waals surface area contributed by atoms with Crippen molar-refractivity contribution in [1.82, 2.24) is 19.8 Å². The van der Waals surface area contributed by atoms with Gasteiger partial charge in [0.1, 0.15) is 0 Å². The summed E-state index contributed by atoms with van der Waals surface area (Å²) in [5.74, 6) is 0.540. The lowest BCUT2D eigenvalue weighted by atomic mass is 9.96. The van der Waals surface area contributed by atoms with Crippen LogP contribution in [0.3, 0.4) is 0 Å². The number of nitrogens with zero attached hydrogens (tertiary/aromatic N) is 2. The third-order valence-electron chi connectivity index (χ3n) is 3.34. The summed E-state index contributed by atoms with van der Waals surface area (Å²) in [5, 5.41) is 7.32. The van der Waals surface area contributed by atoms with Crippen molar-refractivity contribution < 1.29 is 8.42 Å². The van der Waals surface area contributed by atoms with Gasteiger partial charge in [-0.3, -0.25) is 4.68 Å². The largest absolute Gasteiger partial charge is 0.316 e. The second-order valence-electron chi connectivity index (χ2n) is 4.82. The normalized spacial score (nSPS) is 19.6. The lowest BCUT2D eigenvalue weighted by Crippen LogP contribution is -2.33. The van der Waals surface area contributed by atoms with E-state index in [0.29, 0.717) is 12.5 Å². The van der Waals surface area contributed by atoms with Crippen molar-refractivity contribution >= 4 is 34.0 Å². The zero-order valence-corrected chi connectivity index (χ0v) is 13.7. The molecule has 2 heterocycles. The van der Waals surface area contributed by atoms with Crippen molar-refractivity contribution in [2.45, 2.75) is 24.3 Å². The van der Waals surface area contributed by atoms with Crippen LogP contribution in [0, 0.1) is 5.92 Å². The Kier molecular flexibility index (Phi) is 6.74. The lowest BCUT2D eigenvalue weighted by molar-refractivity contribution is 0.358. The minimum absolute atomic E-state index is 0. The highest BCUT2D eigenvalue weighted by Gasteiger charge is 2.22. The Balaban J connectivity index is 0.00000200. The van der Waals surface area contributed by atoms with E-state index in [0.717, 1.165) is 32.4 Å². The summed E-state index contributed by atoms with van der Waals surface area (Å²) in [4.78, 5) is 0. The summed E-state index contributed by atoms with van der Waals surface area (Å²) in [6.07, 6.45) is 4.48. The Hall–Kier alpha value is -0.340. The number of nitrogens with one attached hydrogen (secondary N) is 2. The maximum Gasteiger partial charge on any atom is 0.259 e. The molecule has 1 atom stereocenters. The SMILES string of the molecule is Cl.Cn1ncc(Cl)c1S(=O)(=O)NCCC1CCCNC1. The first kappa shape index (κ1) is 17.7. The highest BCUT2D eigenvalue weighted by Crippen LogP contribution is 2.20. The van der Waals surface area contributed by atoms with Gasteiger partial charge in [-0.1, -0.05) is 11.6 Å². The van der Waals surface area contributed by atoms with E-state index in [1.165, 1.54) is 10.9 Å². The predicted molar refractivity (Wildman–Crippen MR) is 80.9 cm³/mol. The summed E-state index contributed by atoms with van der Waals surface area (Å²) in [6, 6.07) is 0. The number of piperidine rings is 1. The second kappa shape index (κ2) is 7.61. The molecule has 1 unspecified atom stereocenters. The van der Waals surface area contributed by atoms with Gasteiger partial charge in [0, 0.05) is 13.6 Å². The summed E-state index contributed by atoms with van der Waals surface area (Å²) < 4.78 is 28.1. The number of rotatable bonds is 5. The van der Waals surface area contributed by atoms with Gasteiger partial charge in [0.15, 0.2) is 5.03 Å². The molecule has 116 valence electrons. The van der Waals surface area contributed by atoms with Crippen LogP contribution in [0.15, 0.2) is 11.2 Å². The highest BCUT2D eigenvalue weighted by atomic mass is 35.5. The van der Waals surface area contributed by atoms with Crippen LogP contribution in [0.25, 0.3) is 0 Å². The molecule has 1 saturated heterocycles. The molecule has 1 aromatic rings. The van der Waals surface area contributed by atoms with Crippen molar-refractivity contribution in [3.8, 4) is 0 Å². The fraction of sp³-hybridized carbons (Fsp3) is 0.727. The van der Waals surface area contributed by atoms with Crippen molar-refractivity contribution in [2.24, 2.45) is 13.0 Å². The molecule has 0 bridgehead atoms. The van der Waals surface area contributed by atoms with Gasteiger partial charge in [0.25, 0.3) is 10.0 Å². The predicted octanol–water partition coefficient (Wildman–Crippen LogP) is 1.16. The van der Waals surface area contributed by atoms with Crippen LogP contribution in [0.2, 0.25) is 5.02 Å². The summed E-state index contributed by atoms with van der Waals surface area (Å²) in [6.45, 7) is 2.46. The van der Waals surface area contributed by atoms with E-state index in [1.807, 2.05) is 0 Å². The van der Waals surface area contributed by atoms with E-state index in [-0.39, 0.29) is 22.5 Å². The smallest absolute Gasteiger partial charge is 0.259 e. The van der Waals surface area contributed by atoms with Gasteiger partial charge >= 0.3 is 0 Å². The van der Waals surface area contributed by atoms with Crippen molar-refractivity contribution in [3.05, 3.63) is 11.2 Å². The fourth-order valence-electron chi connectivity index (χ4n) is 2.34. The molecule has 0 amide bonds. The van der Waals surface area contributed by atoms with Crippen molar-refractivity contribution in [3.63, 3.8) is 0 Å². The zero-order valence-electron chi connectivity index (χ0n) is 11.3. The first-order valence-electron chi connectivity index (χ1n) is 6.38. The van der Waals surface area contributed by atoms with Crippen LogP contribution in [0.1, 0.15) is 19.3 Å². The van der Waals surface area contributed by atoms with Crippen molar-refractivity contribution in [1.29, 1.82) is 0 Å². The quantitative estimate of drug-likeness (QED) is 0.841. The van der Waals surface area contributed by atoms with E-state index in [1.54, 1.807) is 7.05 Å². The van der Waals surface area contributed by atoms with Crippen LogP contribution < -0.4 is 10.0 Å². The molecule has 0 aliphatic carbocycles. The average Bonchev–Trinajstić information content (AvgIpc) is 2.70. The second-order valence-corrected chi connectivity index (χ2v) is 6.91. The van der Waals surface area contributed by atoms with E-state index in [9.17, 15) is 8.42 Å². The number of halogens is 2. The standard InChI is InChI=1S/C11H19ClN4O2S.ClH/c1-16-11(10(12)8-14-16)19(17,18)15-6-4-9-3-2-5-13-7-9;/h8-9,13,15H,2-7H2,1H3;1H. The van der Waals surface area contributed by atoms with Gasteiger partial charge in [-0.25, -0.2) is 13.1 Å². The molecule has 1 fully saturated rings. The van der Waals surface area contributed by atoms with Crippen LogP contribution >= 0.6 is 24.0 Å². The third kappa shape index (κ3) is 4.33. The maximum absolute atomic E-state index is 12.1. The van der Waals surface area contributed by atoms with Gasteiger partial charge in [0.05, 0.1) is 11.2 Å². The first-order chi connectivity index (χ1) is 9.00. The molecule has 2 N–H and O–H groups in total. The molecule has 0 radical (unpaired) electrons. The number of hydrogen-bond donors (Lipinski definition) is 2. The molecule has 2 rings (SSSR count). The average molecular weight is 343 g/mol. The molecular weight excluding hydrogens is 323 g/mol. The molecular formula is C11H20Cl2N4O2S. The fourth-order valence-corrected chi connectivity index (χ4v) is 4.04. The third-order valence-corrected chi connectivity index (χ3v) is 5.31. The van der Waals surface area contributed by atoms with Crippen LogP contribution in [-0.2, 0) is 17.1 Å². The van der Waals surface area contributed by atoms with Gasteiger partial charge in [-0.05, 0) is 38.3 Å². The number of hydrogen-bond acceptors (Lipinski definition) is 4. The first-order valence-corrected chi connectivity index (χ1v) is 8.24. The Morgan fingerprint density at radius 3 is 2.90 bits per heavy atom. The summed E-state index contributed by atoms with van der Waals surface area (Å²) >= 11 is 5.84. The highest BCUT2D eigenvalue weighted by molar-refractivity contribution is 7.89. The molecule has 0 spiro atoms. The molecule has 0 saturated carbocycles. The molecule has 6 nitrogen and oxygen atoms in total. The number of aryl methyl sites for hydroxylation is 1. The van der Waals surface area contributed by atoms with E-state index in [2.05, 4.69) is 15.1 Å². The Morgan fingerprint density at radius 1 is 1.60 bits per heavy atom. The van der Waals surface area contributed by atoms with Crippen molar-refractivity contribution in [2.75, 3.05) is 19.6 Å². The molecule has 1 aromatic heterocycles. The number of aromatic nitrogens is 2. The summed E-state index contributed by atoms with van der Waals surface area (Å²) in [5.41, 5.74) is 0. The molecule has 1 aliphatic rings. The van der Waals surface area contributed by atoms with Gasteiger partial charge in [0.2, 0.25) is 0 Å². The van der Waals surface area contributed by atoms with E-state index < -0.39 is 10.0 Å². The molecule has 1 aliphatic heterocycles. The minimum Gasteiger partial charge on any atom is -0.316 e. The molecule has 9 heteroatoms. The lowest BCUT2D eigenvalue weighted by Gasteiger charge is -2.22. The van der Waals surface area contributed by atoms with Gasteiger partial charge in [-0.2, -0.15) is 5.10 Å². The summed E-state index contributed by atoms with van der Waals surface area (Å²) in [7, 11) is -2.02.